The lowest BCUT2D eigenvalue weighted by Crippen LogP contribution is -2.23. The molecule has 0 bridgehead atoms. The van der Waals surface area contributed by atoms with Gasteiger partial charge in [0.1, 0.15) is 0 Å². The van der Waals surface area contributed by atoms with Crippen molar-refractivity contribution in [1.29, 1.82) is 0 Å². The SMILES string of the molecule is Cc1cnc(CNC(=O)c2ccc(C)c(Br)c2)cn1. The number of aryl methyl sites for hydroxylation is 2. The number of rotatable bonds is 3. The van der Waals surface area contributed by atoms with E-state index in [1.807, 2.05) is 26.0 Å². The Balaban J connectivity index is 2.01. The Morgan fingerprint density at radius 2 is 2.05 bits per heavy atom. The average molecular weight is 320 g/mol. The van der Waals surface area contributed by atoms with Gasteiger partial charge in [0.15, 0.2) is 0 Å². The zero-order valence-electron chi connectivity index (χ0n) is 10.8. The number of amides is 1. The van der Waals surface area contributed by atoms with Crippen LogP contribution in [0.25, 0.3) is 0 Å². The summed E-state index contributed by atoms with van der Waals surface area (Å²) in [5.41, 5.74) is 3.32. The number of halogens is 1. The molecule has 0 aliphatic rings. The van der Waals surface area contributed by atoms with Gasteiger partial charge in [-0.25, -0.2) is 0 Å². The first-order chi connectivity index (χ1) is 9.06. The maximum Gasteiger partial charge on any atom is 0.251 e. The molecule has 1 N–H and O–H groups in total. The maximum atomic E-state index is 12.0. The Bertz CT molecular complexity index is 596. The topological polar surface area (TPSA) is 54.9 Å². The summed E-state index contributed by atoms with van der Waals surface area (Å²) in [5, 5.41) is 2.82. The van der Waals surface area contributed by atoms with Crippen LogP contribution in [0.2, 0.25) is 0 Å². The fourth-order valence-corrected chi connectivity index (χ4v) is 1.90. The van der Waals surface area contributed by atoms with Crippen molar-refractivity contribution in [3.63, 3.8) is 0 Å². The Kier molecular flexibility index (Phi) is 4.27. The summed E-state index contributed by atoms with van der Waals surface area (Å²) < 4.78 is 0.926. The Morgan fingerprint density at radius 1 is 1.26 bits per heavy atom. The molecule has 0 saturated heterocycles. The van der Waals surface area contributed by atoms with Crippen LogP contribution in [0.4, 0.5) is 0 Å². The fraction of sp³-hybridized carbons (Fsp3) is 0.214. The molecule has 0 unspecified atom stereocenters. The molecule has 0 saturated carbocycles. The van der Waals surface area contributed by atoms with E-state index in [1.165, 1.54) is 0 Å². The fourth-order valence-electron chi connectivity index (χ4n) is 1.52. The first-order valence-corrected chi connectivity index (χ1v) is 6.67. The highest BCUT2D eigenvalue weighted by Crippen LogP contribution is 2.17. The minimum atomic E-state index is -0.122. The van der Waals surface area contributed by atoms with Gasteiger partial charge in [0, 0.05) is 16.2 Å². The molecule has 5 heteroatoms. The van der Waals surface area contributed by atoms with Gasteiger partial charge in [-0.3, -0.25) is 14.8 Å². The van der Waals surface area contributed by atoms with Crippen LogP contribution in [0.3, 0.4) is 0 Å². The molecule has 0 spiro atoms. The molecule has 0 fully saturated rings. The zero-order chi connectivity index (χ0) is 13.8. The van der Waals surface area contributed by atoms with Gasteiger partial charge in [0.05, 0.1) is 24.1 Å². The molecule has 0 aliphatic heterocycles. The van der Waals surface area contributed by atoms with Crippen molar-refractivity contribution in [2.75, 3.05) is 0 Å². The van der Waals surface area contributed by atoms with Crippen molar-refractivity contribution in [1.82, 2.24) is 15.3 Å². The predicted molar refractivity (Wildman–Crippen MR) is 76.8 cm³/mol. The standard InChI is InChI=1S/C14H14BrN3O/c1-9-3-4-11(5-13(9)15)14(19)18-8-12-7-16-10(2)6-17-12/h3-7H,8H2,1-2H3,(H,18,19). The van der Waals surface area contributed by atoms with Crippen LogP contribution in [-0.2, 0) is 6.54 Å². The maximum absolute atomic E-state index is 12.0. The number of aromatic nitrogens is 2. The lowest BCUT2D eigenvalue weighted by atomic mass is 10.1. The lowest BCUT2D eigenvalue weighted by Gasteiger charge is -2.06. The lowest BCUT2D eigenvalue weighted by molar-refractivity contribution is 0.0950. The second-order valence-corrected chi connectivity index (χ2v) is 5.15. The van der Waals surface area contributed by atoms with Gasteiger partial charge >= 0.3 is 0 Å². The van der Waals surface area contributed by atoms with Crippen LogP contribution in [0.15, 0.2) is 35.1 Å². The molecule has 2 aromatic rings. The van der Waals surface area contributed by atoms with Gasteiger partial charge in [0.2, 0.25) is 0 Å². The summed E-state index contributed by atoms with van der Waals surface area (Å²) in [7, 11) is 0. The summed E-state index contributed by atoms with van der Waals surface area (Å²) >= 11 is 3.42. The summed E-state index contributed by atoms with van der Waals surface area (Å²) in [4.78, 5) is 20.3. The minimum Gasteiger partial charge on any atom is -0.346 e. The molecular weight excluding hydrogens is 306 g/mol. The largest absolute Gasteiger partial charge is 0.346 e. The first kappa shape index (κ1) is 13.7. The highest BCUT2D eigenvalue weighted by atomic mass is 79.9. The number of nitrogens with one attached hydrogen (secondary N) is 1. The van der Waals surface area contributed by atoms with E-state index >= 15 is 0 Å². The van der Waals surface area contributed by atoms with Gasteiger partial charge in [-0.1, -0.05) is 22.0 Å². The molecule has 0 atom stereocenters. The van der Waals surface area contributed by atoms with E-state index < -0.39 is 0 Å². The minimum absolute atomic E-state index is 0.122. The average Bonchev–Trinajstić information content (AvgIpc) is 2.41. The number of hydrogen-bond donors (Lipinski definition) is 1. The third kappa shape index (κ3) is 3.61. The van der Waals surface area contributed by atoms with Crippen molar-refractivity contribution in [2.45, 2.75) is 20.4 Å². The van der Waals surface area contributed by atoms with E-state index in [0.717, 1.165) is 21.4 Å². The summed E-state index contributed by atoms with van der Waals surface area (Å²) in [6, 6.07) is 5.52. The smallest absolute Gasteiger partial charge is 0.251 e. The molecule has 1 aromatic heterocycles. The number of carbonyl (C=O) groups is 1. The Morgan fingerprint density at radius 3 is 2.68 bits per heavy atom. The van der Waals surface area contributed by atoms with Crippen molar-refractivity contribution >= 4 is 21.8 Å². The predicted octanol–water partition coefficient (Wildman–Crippen LogP) is 2.79. The van der Waals surface area contributed by atoms with E-state index in [-0.39, 0.29) is 5.91 Å². The van der Waals surface area contributed by atoms with Crippen molar-refractivity contribution in [3.05, 3.63) is 57.6 Å². The monoisotopic (exact) mass is 319 g/mol. The second-order valence-electron chi connectivity index (χ2n) is 4.30. The molecule has 1 amide bonds. The third-order valence-corrected chi connectivity index (χ3v) is 3.55. The van der Waals surface area contributed by atoms with Crippen LogP contribution < -0.4 is 5.32 Å². The van der Waals surface area contributed by atoms with Crippen LogP contribution in [-0.4, -0.2) is 15.9 Å². The van der Waals surface area contributed by atoms with E-state index in [0.29, 0.717) is 12.1 Å². The zero-order valence-corrected chi connectivity index (χ0v) is 12.4. The molecule has 4 nitrogen and oxygen atoms in total. The molecule has 0 radical (unpaired) electrons. The second kappa shape index (κ2) is 5.93. The number of hydrogen-bond acceptors (Lipinski definition) is 3. The van der Waals surface area contributed by atoms with Gasteiger partial charge in [-0.2, -0.15) is 0 Å². The van der Waals surface area contributed by atoms with E-state index in [4.69, 9.17) is 0 Å². The molecule has 98 valence electrons. The summed E-state index contributed by atoms with van der Waals surface area (Å²) in [5.74, 6) is -0.122. The van der Waals surface area contributed by atoms with Crippen molar-refractivity contribution in [2.24, 2.45) is 0 Å². The Labute approximate surface area is 120 Å². The highest BCUT2D eigenvalue weighted by molar-refractivity contribution is 9.10. The molecular formula is C14H14BrN3O. The van der Waals surface area contributed by atoms with Crippen LogP contribution in [0.1, 0.15) is 27.3 Å². The molecule has 1 aromatic carbocycles. The number of carbonyl (C=O) groups excluding carboxylic acids is 1. The molecule has 19 heavy (non-hydrogen) atoms. The Hall–Kier alpha value is -1.75. The highest BCUT2D eigenvalue weighted by Gasteiger charge is 2.07. The summed E-state index contributed by atoms with van der Waals surface area (Å²) in [6.45, 7) is 4.23. The summed E-state index contributed by atoms with van der Waals surface area (Å²) in [6.07, 6.45) is 3.35. The first-order valence-electron chi connectivity index (χ1n) is 5.88. The van der Waals surface area contributed by atoms with Crippen LogP contribution >= 0.6 is 15.9 Å². The van der Waals surface area contributed by atoms with Crippen LogP contribution in [0.5, 0.6) is 0 Å². The van der Waals surface area contributed by atoms with Gasteiger partial charge in [-0.15, -0.1) is 0 Å². The van der Waals surface area contributed by atoms with Crippen molar-refractivity contribution < 1.29 is 4.79 Å². The number of benzene rings is 1. The van der Waals surface area contributed by atoms with Crippen LogP contribution in [0, 0.1) is 13.8 Å². The van der Waals surface area contributed by atoms with E-state index in [9.17, 15) is 4.79 Å². The third-order valence-electron chi connectivity index (χ3n) is 2.70. The van der Waals surface area contributed by atoms with Gasteiger partial charge in [0.25, 0.3) is 5.91 Å². The van der Waals surface area contributed by atoms with Gasteiger partial charge < -0.3 is 5.32 Å². The molecule has 0 aliphatic carbocycles. The quantitative estimate of drug-likeness (QED) is 0.946. The van der Waals surface area contributed by atoms with E-state index in [1.54, 1.807) is 18.5 Å². The van der Waals surface area contributed by atoms with E-state index in [2.05, 4.69) is 31.2 Å². The molecule has 2 rings (SSSR count). The normalized spacial score (nSPS) is 10.3. The number of nitrogens with zero attached hydrogens (tertiary/aromatic N) is 2. The van der Waals surface area contributed by atoms with Crippen molar-refractivity contribution in [3.8, 4) is 0 Å². The molecule has 1 heterocycles. The van der Waals surface area contributed by atoms with Gasteiger partial charge in [-0.05, 0) is 31.5 Å².